The number of aromatic nitrogens is 6. The number of aromatic amines is 1. The maximum Gasteiger partial charge on any atom is 0.180 e. The number of unbranched alkanes of at least 4 members (excludes halogenated alkanes) is 2. The highest BCUT2D eigenvalue weighted by atomic mass is 16.5. The second-order valence-corrected chi connectivity index (χ2v) is 12.3. The molecule has 3 heterocycles. The molecule has 9 nitrogen and oxygen atoms in total. The van der Waals surface area contributed by atoms with Gasteiger partial charge in [0.2, 0.25) is 0 Å². The Labute approximate surface area is 270 Å². The lowest BCUT2D eigenvalue weighted by atomic mass is 9.98. The lowest BCUT2D eigenvalue weighted by molar-refractivity contribution is 0.291. The average Bonchev–Trinajstić information content (AvgIpc) is 3.85. The Morgan fingerprint density at radius 2 is 1.85 bits per heavy atom. The third-order valence-corrected chi connectivity index (χ3v) is 9.13. The molecule has 0 bridgehead atoms. The molecule has 3 aromatic carbocycles. The summed E-state index contributed by atoms with van der Waals surface area (Å²) in [5.74, 6) is 2.70. The first kappa shape index (κ1) is 29.9. The fraction of sp³-hybridized carbons (Fsp3) is 0.351. The standard InChI is InChI=1S/C37H42N8O/c1-3-4-15-34-39-35-26(2)16-21-33(46-23-10-9-22-44-25-38-31-13-7-8-14-32(31)44)36(35)45(34)24-27-17-19-28(20-18-27)29-11-5-6-12-30(29)37-40-42-43-41-37/h5-8,11-12,14,16-21,31,38H,3-4,9-10,13,15,22-25H2,1-2H3,(H,40,41,42,43). The van der Waals surface area contributed by atoms with Gasteiger partial charge in [-0.15, -0.1) is 5.10 Å². The lowest BCUT2D eigenvalue weighted by Gasteiger charge is -2.22. The van der Waals surface area contributed by atoms with E-state index >= 15 is 0 Å². The van der Waals surface area contributed by atoms with Crippen molar-refractivity contribution in [3.05, 3.63) is 102 Å². The second kappa shape index (κ2) is 13.7. The molecule has 1 unspecified atom stereocenters. The van der Waals surface area contributed by atoms with Crippen molar-refractivity contribution >= 4 is 11.0 Å². The number of ether oxygens (including phenoxy) is 1. The largest absolute Gasteiger partial charge is 0.491 e. The highest BCUT2D eigenvalue weighted by Crippen LogP contribution is 2.33. The minimum Gasteiger partial charge on any atom is -0.491 e. The van der Waals surface area contributed by atoms with Crippen LogP contribution in [0.15, 0.2) is 84.6 Å². The smallest absolute Gasteiger partial charge is 0.180 e. The molecule has 46 heavy (non-hydrogen) atoms. The van der Waals surface area contributed by atoms with Gasteiger partial charge in [-0.3, -0.25) is 5.32 Å². The van der Waals surface area contributed by atoms with Gasteiger partial charge in [-0.25, -0.2) is 10.1 Å². The molecule has 2 aliphatic rings. The number of allylic oxidation sites excluding steroid dienone is 2. The number of benzene rings is 3. The molecular formula is C37H42N8O. The Morgan fingerprint density at radius 3 is 2.67 bits per heavy atom. The van der Waals surface area contributed by atoms with Crippen LogP contribution in [0.2, 0.25) is 0 Å². The Hall–Kier alpha value is -4.76. The van der Waals surface area contributed by atoms with Crippen molar-refractivity contribution in [1.82, 2.24) is 40.4 Å². The molecule has 9 heteroatoms. The molecule has 1 aliphatic carbocycles. The maximum atomic E-state index is 6.53. The number of nitrogens with one attached hydrogen (secondary N) is 2. The van der Waals surface area contributed by atoms with Crippen LogP contribution < -0.4 is 10.1 Å². The van der Waals surface area contributed by atoms with Crippen LogP contribution in [0.4, 0.5) is 0 Å². The van der Waals surface area contributed by atoms with Gasteiger partial charge in [0.15, 0.2) is 5.82 Å². The van der Waals surface area contributed by atoms with E-state index in [4.69, 9.17) is 9.72 Å². The van der Waals surface area contributed by atoms with Crippen molar-refractivity contribution < 1.29 is 4.74 Å². The Morgan fingerprint density at radius 1 is 0.978 bits per heavy atom. The van der Waals surface area contributed by atoms with E-state index in [1.807, 2.05) is 18.2 Å². The van der Waals surface area contributed by atoms with Crippen molar-refractivity contribution in [2.75, 3.05) is 19.8 Å². The molecule has 5 aromatic rings. The molecule has 1 atom stereocenters. The van der Waals surface area contributed by atoms with Gasteiger partial charge in [0.05, 0.1) is 24.8 Å². The van der Waals surface area contributed by atoms with Crippen molar-refractivity contribution in [3.63, 3.8) is 0 Å². The Bertz CT molecular complexity index is 1840. The molecule has 0 amide bonds. The Balaban J connectivity index is 1.09. The number of nitrogens with zero attached hydrogens (tertiary/aromatic N) is 6. The van der Waals surface area contributed by atoms with Crippen LogP contribution in [0.25, 0.3) is 33.5 Å². The zero-order valence-electron chi connectivity index (χ0n) is 26.7. The molecule has 0 radical (unpaired) electrons. The van der Waals surface area contributed by atoms with Crippen LogP contribution in [-0.4, -0.2) is 60.9 Å². The van der Waals surface area contributed by atoms with Crippen molar-refractivity contribution in [3.8, 4) is 28.3 Å². The van der Waals surface area contributed by atoms with Crippen LogP contribution in [0.3, 0.4) is 0 Å². The molecule has 1 fully saturated rings. The first-order valence-electron chi connectivity index (χ1n) is 16.6. The van der Waals surface area contributed by atoms with Crippen molar-refractivity contribution in [2.45, 2.75) is 65.0 Å². The fourth-order valence-corrected chi connectivity index (χ4v) is 6.62. The van der Waals surface area contributed by atoms with Crippen LogP contribution in [0, 0.1) is 6.92 Å². The van der Waals surface area contributed by atoms with Gasteiger partial charge in [0, 0.05) is 30.8 Å². The molecule has 7 rings (SSSR count). The second-order valence-electron chi connectivity index (χ2n) is 12.3. The van der Waals surface area contributed by atoms with E-state index in [9.17, 15) is 0 Å². The van der Waals surface area contributed by atoms with Gasteiger partial charge >= 0.3 is 0 Å². The van der Waals surface area contributed by atoms with E-state index in [1.54, 1.807) is 0 Å². The van der Waals surface area contributed by atoms with Gasteiger partial charge in [0.1, 0.15) is 17.1 Å². The third kappa shape index (κ3) is 6.20. The highest BCUT2D eigenvalue weighted by Gasteiger charge is 2.26. The van der Waals surface area contributed by atoms with E-state index in [2.05, 4.69) is 110 Å². The van der Waals surface area contributed by atoms with Gasteiger partial charge in [-0.05, 0) is 77.4 Å². The van der Waals surface area contributed by atoms with Gasteiger partial charge in [0.25, 0.3) is 0 Å². The number of hydrogen-bond donors (Lipinski definition) is 2. The predicted molar refractivity (Wildman–Crippen MR) is 182 cm³/mol. The van der Waals surface area contributed by atoms with Crippen LogP contribution in [-0.2, 0) is 13.0 Å². The molecule has 0 saturated carbocycles. The SMILES string of the molecule is CCCCc1nc2c(C)ccc(OCCCCN3CNC4CC=CC=C43)c2n1Cc1ccc(-c2ccccc2-c2nnn[nH]2)cc1. The number of tetrazole rings is 1. The van der Waals surface area contributed by atoms with E-state index in [1.165, 1.54) is 16.8 Å². The average molecular weight is 615 g/mol. The molecule has 236 valence electrons. The lowest BCUT2D eigenvalue weighted by Crippen LogP contribution is -2.22. The van der Waals surface area contributed by atoms with E-state index in [0.717, 1.165) is 97.6 Å². The Kier molecular flexibility index (Phi) is 8.91. The van der Waals surface area contributed by atoms with Gasteiger partial charge in [-0.2, -0.15) is 0 Å². The van der Waals surface area contributed by atoms with Crippen molar-refractivity contribution in [2.24, 2.45) is 0 Å². The van der Waals surface area contributed by atoms with Crippen molar-refractivity contribution in [1.29, 1.82) is 0 Å². The minimum atomic E-state index is 0.480. The first-order valence-corrected chi connectivity index (χ1v) is 16.6. The third-order valence-electron chi connectivity index (χ3n) is 9.13. The number of aryl methyl sites for hydroxylation is 2. The summed E-state index contributed by atoms with van der Waals surface area (Å²) in [6.45, 7) is 7.78. The zero-order chi connectivity index (χ0) is 31.3. The fourth-order valence-electron chi connectivity index (χ4n) is 6.62. The molecule has 1 saturated heterocycles. The molecule has 0 spiro atoms. The summed E-state index contributed by atoms with van der Waals surface area (Å²) in [6.07, 6.45) is 13.0. The minimum absolute atomic E-state index is 0.480. The number of imidazole rings is 1. The summed E-state index contributed by atoms with van der Waals surface area (Å²) in [5.41, 5.74) is 9.15. The molecule has 2 N–H and O–H groups in total. The van der Waals surface area contributed by atoms with E-state index in [0.29, 0.717) is 18.5 Å². The quantitative estimate of drug-likeness (QED) is 0.141. The molecule has 1 aliphatic heterocycles. The number of rotatable bonds is 13. The molecular weight excluding hydrogens is 572 g/mol. The zero-order valence-corrected chi connectivity index (χ0v) is 26.7. The summed E-state index contributed by atoms with van der Waals surface area (Å²) < 4.78 is 8.91. The first-order chi connectivity index (χ1) is 22.7. The summed E-state index contributed by atoms with van der Waals surface area (Å²) in [5, 5.41) is 18.2. The summed E-state index contributed by atoms with van der Waals surface area (Å²) in [4.78, 5) is 7.66. The summed E-state index contributed by atoms with van der Waals surface area (Å²) in [7, 11) is 0. The number of fused-ring (bicyclic) bond motifs is 2. The normalized spacial score (nSPS) is 15.8. The van der Waals surface area contributed by atoms with Crippen LogP contribution >= 0.6 is 0 Å². The van der Waals surface area contributed by atoms with Gasteiger partial charge < -0.3 is 14.2 Å². The van der Waals surface area contributed by atoms with E-state index < -0.39 is 0 Å². The number of hydrogen-bond acceptors (Lipinski definition) is 7. The topological polar surface area (TPSA) is 96.8 Å². The predicted octanol–water partition coefficient (Wildman–Crippen LogP) is 6.82. The molecule has 2 aromatic heterocycles. The van der Waals surface area contributed by atoms with E-state index in [-0.39, 0.29) is 0 Å². The summed E-state index contributed by atoms with van der Waals surface area (Å²) >= 11 is 0. The maximum absolute atomic E-state index is 6.53. The van der Waals surface area contributed by atoms with Crippen LogP contribution in [0.1, 0.15) is 56.0 Å². The number of H-pyrrole nitrogens is 1. The highest BCUT2D eigenvalue weighted by molar-refractivity contribution is 5.86. The monoisotopic (exact) mass is 614 g/mol. The summed E-state index contributed by atoms with van der Waals surface area (Å²) in [6, 6.07) is 21.7. The van der Waals surface area contributed by atoms with Gasteiger partial charge in [-0.1, -0.05) is 80.1 Å². The van der Waals surface area contributed by atoms with Crippen LogP contribution in [0.5, 0.6) is 5.75 Å².